The van der Waals surface area contributed by atoms with Gasteiger partial charge in [0.1, 0.15) is 0 Å². The van der Waals surface area contributed by atoms with Crippen molar-refractivity contribution < 1.29 is 4.74 Å². The molecule has 0 saturated heterocycles. The molecule has 3 heteroatoms. The largest absolute Gasteiger partial charge is 0.380 e. The molecule has 106 valence electrons. The van der Waals surface area contributed by atoms with Crippen LogP contribution in [-0.4, -0.2) is 32.3 Å². The average Bonchev–Trinajstić information content (AvgIpc) is 2.63. The van der Waals surface area contributed by atoms with Crippen LogP contribution in [-0.2, 0) is 11.3 Å². The maximum atomic E-state index is 5.65. The van der Waals surface area contributed by atoms with Crippen LogP contribution < -0.4 is 10.2 Å². The van der Waals surface area contributed by atoms with Gasteiger partial charge < -0.3 is 15.0 Å². The molecule has 1 unspecified atom stereocenters. The summed E-state index contributed by atoms with van der Waals surface area (Å²) < 4.78 is 5.65. The smallest absolute Gasteiger partial charge is 0.0641 e. The van der Waals surface area contributed by atoms with Crippen LogP contribution in [0.5, 0.6) is 0 Å². The Morgan fingerprint density at radius 1 is 1.26 bits per heavy atom. The van der Waals surface area contributed by atoms with Crippen molar-refractivity contribution in [1.29, 1.82) is 0 Å². The van der Waals surface area contributed by atoms with Crippen LogP contribution in [0.2, 0.25) is 0 Å². The summed E-state index contributed by atoms with van der Waals surface area (Å²) in [6.45, 7) is 9.11. The molecule has 1 aliphatic heterocycles. The normalized spacial score (nSPS) is 19.1. The van der Waals surface area contributed by atoms with E-state index in [-0.39, 0.29) is 0 Å². The van der Waals surface area contributed by atoms with Crippen LogP contribution in [0.4, 0.5) is 5.69 Å². The molecule has 0 spiro atoms. The van der Waals surface area contributed by atoms with Crippen molar-refractivity contribution in [2.45, 2.75) is 39.3 Å². The van der Waals surface area contributed by atoms with E-state index < -0.39 is 0 Å². The van der Waals surface area contributed by atoms with Gasteiger partial charge in [0.2, 0.25) is 0 Å². The number of benzene rings is 1. The van der Waals surface area contributed by atoms with E-state index in [2.05, 4.69) is 48.3 Å². The van der Waals surface area contributed by atoms with Crippen LogP contribution in [0, 0.1) is 0 Å². The second-order valence-electron chi connectivity index (χ2n) is 5.17. The molecule has 0 bridgehead atoms. The van der Waals surface area contributed by atoms with Gasteiger partial charge in [0.15, 0.2) is 0 Å². The van der Waals surface area contributed by atoms with Gasteiger partial charge in [-0.25, -0.2) is 0 Å². The topological polar surface area (TPSA) is 24.5 Å². The summed E-state index contributed by atoms with van der Waals surface area (Å²) in [5.74, 6) is 0. The van der Waals surface area contributed by atoms with E-state index in [1.807, 2.05) is 0 Å². The molecular formula is C16H26N2O. The highest BCUT2D eigenvalue weighted by Gasteiger charge is 2.19. The highest BCUT2D eigenvalue weighted by Crippen LogP contribution is 2.23. The van der Waals surface area contributed by atoms with Gasteiger partial charge in [-0.2, -0.15) is 0 Å². The molecule has 1 aliphatic rings. The molecule has 0 saturated carbocycles. The Hall–Kier alpha value is -1.06. The molecular weight excluding hydrogens is 236 g/mol. The third kappa shape index (κ3) is 3.95. The third-order valence-corrected chi connectivity index (χ3v) is 3.70. The van der Waals surface area contributed by atoms with Gasteiger partial charge in [-0.3, -0.25) is 0 Å². The summed E-state index contributed by atoms with van der Waals surface area (Å²) in [6, 6.07) is 9.28. The number of ether oxygens (including phenoxy) is 1. The van der Waals surface area contributed by atoms with Crippen LogP contribution in [0.25, 0.3) is 0 Å². The lowest BCUT2D eigenvalue weighted by atomic mass is 10.1. The predicted molar refractivity (Wildman–Crippen MR) is 80.7 cm³/mol. The molecule has 0 aliphatic carbocycles. The number of para-hydroxylation sites is 1. The lowest BCUT2D eigenvalue weighted by Gasteiger charge is -2.27. The SMILES string of the molecule is CCCOCCN1CC(CC)NCc2ccccc21. The van der Waals surface area contributed by atoms with E-state index in [1.54, 1.807) is 0 Å². The molecule has 1 aromatic rings. The number of hydrogen-bond donors (Lipinski definition) is 1. The van der Waals surface area contributed by atoms with Gasteiger partial charge >= 0.3 is 0 Å². The molecule has 1 N–H and O–H groups in total. The first-order valence-electron chi connectivity index (χ1n) is 7.49. The Bertz CT molecular complexity index is 381. The monoisotopic (exact) mass is 262 g/mol. The summed E-state index contributed by atoms with van der Waals surface area (Å²) in [5.41, 5.74) is 2.76. The van der Waals surface area contributed by atoms with E-state index in [0.29, 0.717) is 6.04 Å². The summed E-state index contributed by atoms with van der Waals surface area (Å²) >= 11 is 0. The first kappa shape index (κ1) is 14.4. The van der Waals surface area contributed by atoms with Crippen molar-refractivity contribution in [3.05, 3.63) is 29.8 Å². The van der Waals surface area contributed by atoms with Gasteiger partial charge in [0, 0.05) is 38.0 Å². The van der Waals surface area contributed by atoms with Crippen LogP contribution >= 0.6 is 0 Å². The fourth-order valence-corrected chi connectivity index (χ4v) is 2.56. The molecule has 1 heterocycles. The first-order valence-corrected chi connectivity index (χ1v) is 7.49. The third-order valence-electron chi connectivity index (χ3n) is 3.70. The van der Waals surface area contributed by atoms with Gasteiger partial charge in [-0.15, -0.1) is 0 Å². The predicted octanol–water partition coefficient (Wildman–Crippen LogP) is 2.80. The number of rotatable bonds is 6. The second kappa shape index (κ2) is 7.51. The van der Waals surface area contributed by atoms with E-state index in [1.165, 1.54) is 17.7 Å². The van der Waals surface area contributed by atoms with Crippen molar-refractivity contribution in [3.63, 3.8) is 0 Å². The number of anilines is 1. The molecule has 19 heavy (non-hydrogen) atoms. The highest BCUT2D eigenvalue weighted by atomic mass is 16.5. The number of nitrogens with one attached hydrogen (secondary N) is 1. The van der Waals surface area contributed by atoms with Gasteiger partial charge in [0.05, 0.1) is 6.61 Å². The molecule has 1 atom stereocenters. The molecule has 0 fully saturated rings. The fraction of sp³-hybridized carbons (Fsp3) is 0.625. The van der Waals surface area contributed by atoms with E-state index in [0.717, 1.165) is 39.3 Å². The lowest BCUT2D eigenvalue weighted by Crippen LogP contribution is -2.39. The first-order chi connectivity index (χ1) is 9.35. The fourth-order valence-electron chi connectivity index (χ4n) is 2.56. The summed E-state index contributed by atoms with van der Waals surface area (Å²) in [6.07, 6.45) is 2.26. The van der Waals surface area contributed by atoms with Crippen molar-refractivity contribution >= 4 is 5.69 Å². The standard InChI is InChI=1S/C16H26N2O/c1-3-10-19-11-9-18-13-15(4-2)17-12-14-7-5-6-8-16(14)18/h5-8,15,17H,3-4,9-13H2,1-2H3. The molecule has 2 rings (SSSR count). The highest BCUT2D eigenvalue weighted by molar-refractivity contribution is 5.54. The molecule has 1 aromatic carbocycles. The Balaban J connectivity index is 2.04. The van der Waals surface area contributed by atoms with E-state index in [9.17, 15) is 0 Å². The van der Waals surface area contributed by atoms with Crippen molar-refractivity contribution in [2.24, 2.45) is 0 Å². The maximum Gasteiger partial charge on any atom is 0.0641 e. The molecule has 3 nitrogen and oxygen atoms in total. The number of hydrogen-bond acceptors (Lipinski definition) is 3. The Labute approximate surface area is 116 Å². The number of nitrogens with zero attached hydrogens (tertiary/aromatic N) is 1. The van der Waals surface area contributed by atoms with Crippen molar-refractivity contribution in [2.75, 3.05) is 31.2 Å². The Kier molecular flexibility index (Phi) is 5.67. The second-order valence-corrected chi connectivity index (χ2v) is 5.17. The average molecular weight is 262 g/mol. The zero-order valence-corrected chi connectivity index (χ0v) is 12.2. The minimum Gasteiger partial charge on any atom is -0.380 e. The quantitative estimate of drug-likeness (QED) is 0.798. The minimum absolute atomic E-state index is 0.568. The molecule has 0 aromatic heterocycles. The molecule has 0 amide bonds. The van der Waals surface area contributed by atoms with Gasteiger partial charge in [-0.05, 0) is 24.5 Å². The summed E-state index contributed by atoms with van der Waals surface area (Å²) in [7, 11) is 0. The van der Waals surface area contributed by atoms with Crippen molar-refractivity contribution in [1.82, 2.24) is 5.32 Å². The molecule has 0 radical (unpaired) electrons. The Morgan fingerprint density at radius 2 is 2.11 bits per heavy atom. The van der Waals surface area contributed by atoms with Gasteiger partial charge in [-0.1, -0.05) is 32.0 Å². The van der Waals surface area contributed by atoms with E-state index >= 15 is 0 Å². The number of fused-ring (bicyclic) bond motifs is 1. The van der Waals surface area contributed by atoms with Crippen LogP contribution in [0.15, 0.2) is 24.3 Å². The van der Waals surface area contributed by atoms with Gasteiger partial charge in [0.25, 0.3) is 0 Å². The summed E-state index contributed by atoms with van der Waals surface area (Å²) in [4.78, 5) is 2.47. The lowest BCUT2D eigenvalue weighted by molar-refractivity contribution is 0.140. The summed E-state index contributed by atoms with van der Waals surface area (Å²) in [5, 5.41) is 3.64. The van der Waals surface area contributed by atoms with E-state index in [4.69, 9.17) is 4.74 Å². The van der Waals surface area contributed by atoms with Crippen LogP contribution in [0.1, 0.15) is 32.3 Å². The van der Waals surface area contributed by atoms with Crippen molar-refractivity contribution in [3.8, 4) is 0 Å². The zero-order valence-electron chi connectivity index (χ0n) is 12.2. The Morgan fingerprint density at radius 3 is 2.89 bits per heavy atom. The zero-order chi connectivity index (χ0) is 13.5. The maximum absolute atomic E-state index is 5.65. The van der Waals surface area contributed by atoms with Crippen LogP contribution in [0.3, 0.4) is 0 Å². The minimum atomic E-state index is 0.568.